The summed E-state index contributed by atoms with van der Waals surface area (Å²) in [6.07, 6.45) is 1.38. The van der Waals surface area contributed by atoms with Crippen LogP contribution in [0.3, 0.4) is 0 Å². The third kappa shape index (κ3) is 3.73. The first kappa shape index (κ1) is 15.3. The molecule has 0 saturated heterocycles. The van der Waals surface area contributed by atoms with Crippen LogP contribution < -0.4 is 14.3 Å². The van der Waals surface area contributed by atoms with Gasteiger partial charge >= 0.3 is 0 Å². The van der Waals surface area contributed by atoms with Crippen molar-refractivity contribution < 1.29 is 17.9 Å². The predicted molar refractivity (Wildman–Crippen MR) is 81.8 cm³/mol. The Bertz CT molecular complexity index is 725. The molecule has 2 rings (SSSR count). The summed E-state index contributed by atoms with van der Waals surface area (Å²) < 4.78 is 34.2. The summed E-state index contributed by atoms with van der Waals surface area (Å²) in [5, 5.41) is 5.44. The average Bonchev–Trinajstić information content (AvgIpc) is 3.02. The van der Waals surface area contributed by atoms with E-state index in [2.05, 4.69) is 9.93 Å². The molecule has 0 bridgehead atoms. The van der Waals surface area contributed by atoms with Gasteiger partial charge < -0.3 is 9.47 Å². The van der Waals surface area contributed by atoms with Crippen LogP contribution in [0.2, 0.25) is 0 Å². The van der Waals surface area contributed by atoms with Crippen molar-refractivity contribution in [2.75, 3.05) is 14.2 Å². The van der Waals surface area contributed by atoms with E-state index in [4.69, 9.17) is 9.47 Å². The molecule has 1 heterocycles. The van der Waals surface area contributed by atoms with Crippen LogP contribution >= 0.6 is 11.3 Å². The van der Waals surface area contributed by atoms with Crippen LogP contribution in [0.4, 0.5) is 0 Å². The van der Waals surface area contributed by atoms with Gasteiger partial charge in [-0.1, -0.05) is 6.07 Å². The quantitative estimate of drug-likeness (QED) is 0.651. The summed E-state index contributed by atoms with van der Waals surface area (Å²) in [6, 6.07) is 8.32. The summed E-state index contributed by atoms with van der Waals surface area (Å²) in [4.78, 5) is 2.16. The molecule has 8 heteroatoms. The van der Waals surface area contributed by atoms with Crippen LogP contribution in [-0.4, -0.2) is 28.9 Å². The summed E-state index contributed by atoms with van der Waals surface area (Å²) in [5.74, 6) is 1.18. The smallest absolute Gasteiger partial charge is 0.286 e. The zero-order valence-electron chi connectivity index (χ0n) is 11.4. The number of methoxy groups -OCH3 is 2. The lowest BCUT2D eigenvalue weighted by Crippen LogP contribution is -2.17. The minimum atomic E-state index is -3.61. The van der Waals surface area contributed by atoms with Gasteiger partial charge in [0.1, 0.15) is 15.7 Å². The highest BCUT2D eigenvalue weighted by Gasteiger charge is 2.13. The Morgan fingerprint density at radius 3 is 2.67 bits per heavy atom. The minimum Gasteiger partial charge on any atom is -0.497 e. The van der Waals surface area contributed by atoms with Gasteiger partial charge in [0.25, 0.3) is 10.0 Å². The van der Waals surface area contributed by atoms with E-state index in [0.717, 1.165) is 11.3 Å². The number of hydrogen-bond donors (Lipinski definition) is 1. The Balaban J connectivity index is 2.15. The van der Waals surface area contributed by atoms with Crippen molar-refractivity contribution in [3.63, 3.8) is 0 Å². The standard InChI is InChI=1S/C13H14N2O4S2/c1-18-11-6-5-10(12(8-11)19-2)9-14-15-21(16,17)13-4-3-7-20-13/h3-9,15H,1-2H3/b14-9+. The molecule has 0 aliphatic heterocycles. The van der Waals surface area contributed by atoms with Crippen molar-refractivity contribution in [3.8, 4) is 11.5 Å². The number of rotatable bonds is 6. The lowest BCUT2D eigenvalue weighted by molar-refractivity contribution is 0.394. The molecular weight excluding hydrogens is 312 g/mol. The highest BCUT2D eigenvalue weighted by atomic mass is 32.2. The number of thiophene rings is 1. The van der Waals surface area contributed by atoms with E-state index >= 15 is 0 Å². The summed E-state index contributed by atoms with van der Waals surface area (Å²) in [7, 11) is -0.545. The molecule has 2 aromatic rings. The molecule has 1 aromatic heterocycles. The topological polar surface area (TPSA) is 77.0 Å². The lowest BCUT2D eigenvalue weighted by Gasteiger charge is -2.07. The number of hydrazone groups is 1. The van der Waals surface area contributed by atoms with E-state index in [1.54, 1.807) is 36.8 Å². The zero-order valence-corrected chi connectivity index (χ0v) is 13.1. The van der Waals surface area contributed by atoms with Gasteiger partial charge in [-0.15, -0.1) is 11.3 Å². The number of nitrogens with one attached hydrogen (secondary N) is 1. The van der Waals surface area contributed by atoms with Crippen molar-refractivity contribution in [3.05, 3.63) is 41.3 Å². The largest absolute Gasteiger partial charge is 0.497 e. The Labute approximate surface area is 127 Å². The predicted octanol–water partition coefficient (Wildman–Crippen LogP) is 2.08. The molecule has 0 fully saturated rings. The molecule has 0 spiro atoms. The summed E-state index contributed by atoms with van der Waals surface area (Å²) >= 11 is 1.12. The molecule has 0 aliphatic rings. The molecule has 0 atom stereocenters. The molecule has 0 saturated carbocycles. The fourth-order valence-electron chi connectivity index (χ4n) is 1.55. The van der Waals surface area contributed by atoms with Gasteiger partial charge in [0.05, 0.1) is 20.4 Å². The molecule has 1 aromatic carbocycles. The van der Waals surface area contributed by atoms with Crippen molar-refractivity contribution in [1.82, 2.24) is 4.83 Å². The lowest BCUT2D eigenvalue weighted by atomic mass is 10.2. The number of nitrogens with zero attached hydrogens (tertiary/aromatic N) is 1. The van der Waals surface area contributed by atoms with E-state index in [1.807, 2.05) is 0 Å². The molecular formula is C13H14N2O4S2. The van der Waals surface area contributed by atoms with Gasteiger partial charge in [-0.25, -0.2) is 0 Å². The van der Waals surface area contributed by atoms with E-state index in [0.29, 0.717) is 17.1 Å². The number of ether oxygens (including phenoxy) is 2. The maximum absolute atomic E-state index is 11.9. The van der Waals surface area contributed by atoms with Crippen molar-refractivity contribution in [2.24, 2.45) is 5.10 Å². The van der Waals surface area contributed by atoms with Crippen LogP contribution in [0.15, 0.2) is 45.0 Å². The third-order valence-electron chi connectivity index (χ3n) is 2.58. The Morgan fingerprint density at radius 1 is 1.24 bits per heavy atom. The second-order valence-corrected chi connectivity index (χ2v) is 6.73. The second-order valence-electron chi connectivity index (χ2n) is 3.89. The van der Waals surface area contributed by atoms with Gasteiger partial charge in [0.15, 0.2) is 0 Å². The first-order valence-electron chi connectivity index (χ1n) is 5.87. The Kier molecular flexibility index (Phi) is 4.81. The maximum Gasteiger partial charge on any atom is 0.286 e. The van der Waals surface area contributed by atoms with Crippen LogP contribution in [0.5, 0.6) is 11.5 Å². The molecule has 0 unspecified atom stereocenters. The molecule has 0 radical (unpaired) electrons. The SMILES string of the molecule is COc1ccc(/C=N/NS(=O)(=O)c2cccs2)c(OC)c1. The minimum absolute atomic E-state index is 0.210. The third-order valence-corrected chi connectivity index (χ3v) is 5.20. The van der Waals surface area contributed by atoms with Gasteiger partial charge in [-0.05, 0) is 23.6 Å². The average molecular weight is 326 g/mol. The van der Waals surface area contributed by atoms with E-state index < -0.39 is 10.0 Å². The Hall–Kier alpha value is -2.06. The monoisotopic (exact) mass is 326 g/mol. The summed E-state index contributed by atoms with van der Waals surface area (Å²) in [6.45, 7) is 0. The Morgan fingerprint density at radius 2 is 2.05 bits per heavy atom. The highest BCUT2D eigenvalue weighted by molar-refractivity contribution is 7.91. The molecule has 1 N–H and O–H groups in total. The first-order valence-corrected chi connectivity index (χ1v) is 8.23. The molecule has 0 aliphatic carbocycles. The van der Waals surface area contributed by atoms with Crippen LogP contribution in [0, 0.1) is 0 Å². The normalized spacial score (nSPS) is 11.5. The van der Waals surface area contributed by atoms with Gasteiger partial charge in [-0.2, -0.15) is 18.4 Å². The fourth-order valence-corrected chi connectivity index (χ4v) is 3.32. The van der Waals surface area contributed by atoms with Crippen molar-refractivity contribution in [1.29, 1.82) is 0 Å². The van der Waals surface area contributed by atoms with Gasteiger partial charge in [0.2, 0.25) is 0 Å². The fraction of sp³-hybridized carbons (Fsp3) is 0.154. The van der Waals surface area contributed by atoms with E-state index in [9.17, 15) is 8.42 Å². The number of hydrogen-bond acceptors (Lipinski definition) is 6. The molecule has 0 amide bonds. The molecule has 112 valence electrons. The number of sulfonamides is 1. The highest BCUT2D eigenvalue weighted by Crippen LogP contribution is 2.23. The molecule has 6 nitrogen and oxygen atoms in total. The van der Waals surface area contributed by atoms with Gasteiger partial charge in [-0.3, -0.25) is 0 Å². The van der Waals surface area contributed by atoms with Gasteiger partial charge in [0, 0.05) is 11.6 Å². The first-order chi connectivity index (χ1) is 10.1. The van der Waals surface area contributed by atoms with Crippen molar-refractivity contribution >= 4 is 27.6 Å². The second kappa shape index (κ2) is 6.59. The van der Waals surface area contributed by atoms with Crippen molar-refractivity contribution in [2.45, 2.75) is 4.21 Å². The van der Waals surface area contributed by atoms with E-state index in [1.165, 1.54) is 19.4 Å². The number of benzene rings is 1. The van der Waals surface area contributed by atoms with Crippen LogP contribution in [0.1, 0.15) is 5.56 Å². The zero-order chi connectivity index (χ0) is 15.3. The van der Waals surface area contributed by atoms with Crippen LogP contribution in [-0.2, 0) is 10.0 Å². The maximum atomic E-state index is 11.9. The van der Waals surface area contributed by atoms with E-state index in [-0.39, 0.29) is 4.21 Å². The van der Waals surface area contributed by atoms with Crippen LogP contribution in [0.25, 0.3) is 0 Å². The molecule has 21 heavy (non-hydrogen) atoms. The summed E-state index contributed by atoms with van der Waals surface area (Å²) in [5.41, 5.74) is 0.632.